The Morgan fingerprint density at radius 2 is 1.85 bits per heavy atom. The Labute approximate surface area is 74.2 Å². The van der Waals surface area contributed by atoms with Gasteiger partial charge < -0.3 is 10.5 Å². The summed E-state index contributed by atoms with van der Waals surface area (Å²) in [5.41, 5.74) is 5.33. The summed E-state index contributed by atoms with van der Waals surface area (Å²) in [4.78, 5) is 0. The van der Waals surface area contributed by atoms with Crippen LogP contribution in [0.4, 0.5) is 13.2 Å². The summed E-state index contributed by atoms with van der Waals surface area (Å²) >= 11 is 0. The SMILES string of the molecule is NC[C@@H]1[C@@H](C(F)(F)F)[C@H]2CC[C@H]1O2. The summed E-state index contributed by atoms with van der Waals surface area (Å²) in [6, 6.07) is 0. The molecule has 5 heteroatoms. The predicted molar refractivity (Wildman–Crippen MR) is 40.0 cm³/mol. The van der Waals surface area contributed by atoms with Crippen LogP contribution in [0.25, 0.3) is 0 Å². The zero-order chi connectivity index (χ0) is 9.64. The van der Waals surface area contributed by atoms with E-state index in [4.69, 9.17) is 10.5 Å². The molecule has 2 heterocycles. The van der Waals surface area contributed by atoms with Crippen LogP contribution in [0.2, 0.25) is 0 Å². The topological polar surface area (TPSA) is 35.2 Å². The third-order valence-corrected chi connectivity index (χ3v) is 3.07. The van der Waals surface area contributed by atoms with E-state index >= 15 is 0 Å². The Bertz CT molecular complexity index is 206. The first-order valence-corrected chi connectivity index (χ1v) is 4.46. The van der Waals surface area contributed by atoms with Crippen molar-refractivity contribution in [2.75, 3.05) is 6.54 Å². The highest BCUT2D eigenvalue weighted by Gasteiger charge is 2.59. The second kappa shape index (κ2) is 2.85. The van der Waals surface area contributed by atoms with E-state index < -0.39 is 24.1 Å². The van der Waals surface area contributed by atoms with Crippen LogP contribution in [0, 0.1) is 11.8 Å². The van der Waals surface area contributed by atoms with E-state index in [9.17, 15) is 13.2 Å². The molecule has 13 heavy (non-hydrogen) atoms. The molecule has 2 bridgehead atoms. The van der Waals surface area contributed by atoms with Crippen molar-refractivity contribution in [1.82, 2.24) is 0 Å². The van der Waals surface area contributed by atoms with E-state index in [1.54, 1.807) is 0 Å². The molecule has 76 valence electrons. The Morgan fingerprint density at radius 3 is 2.31 bits per heavy atom. The lowest BCUT2D eigenvalue weighted by Gasteiger charge is -2.28. The summed E-state index contributed by atoms with van der Waals surface area (Å²) in [5, 5.41) is 0. The molecule has 0 aromatic carbocycles. The van der Waals surface area contributed by atoms with Crippen LogP contribution in [-0.4, -0.2) is 24.9 Å². The van der Waals surface area contributed by atoms with Crippen LogP contribution in [0.15, 0.2) is 0 Å². The lowest BCUT2D eigenvalue weighted by atomic mass is 9.79. The molecule has 2 aliphatic heterocycles. The first-order valence-electron chi connectivity index (χ1n) is 4.46. The van der Waals surface area contributed by atoms with Gasteiger partial charge in [-0.25, -0.2) is 0 Å². The van der Waals surface area contributed by atoms with E-state index in [0.29, 0.717) is 6.42 Å². The minimum Gasteiger partial charge on any atom is -0.374 e. The molecular formula is C8H12F3NO. The van der Waals surface area contributed by atoms with Crippen molar-refractivity contribution in [3.63, 3.8) is 0 Å². The van der Waals surface area contributed by atoms with Crippen molar-refractivity contribution in [2.45, 2.75) is 31.2 Å². The fraction of sp³-hybridized carbons (Fsp3) is 1.00. The van der Waals surface area contributed by atoms with Gasteiger partial charge >= 0.3 is 6.18 Å². The van der Waals surface area contributed by atoms with Crippen LogP contribution in [0.1, 0.15) is 12.8 Å². The fourth-order valence-corrected chi connectivity index (χ4v) is 2.53. The normalized spacial score (nSPS) is 44.3. The lowest BCUT2D eigenvalue weighted by molar-refractivity contribution is -0.195. The highest BCUT2D eigenvalue weighted by Crippen LogP contribution is 2.49. The molecule has 2 aliphatic rings. The summed E-state index contributed by atoms with van der Waals surface area (Å²) in [5.74, 6) is -1.84. The van der Waals surface area contributed by atoms with Crippen LogP contribution in [0.5, 0.6) is 0 Å². The van der Waals surface area contributed by atoms with Crippen molar-refractivity contribution >= 4 is 0 Å². The zero-order valence-electron chi connectivity index (χ0n) is 7.05. The molecule has 2 fully saturated rings. The minimum atomic E-state index is -4.15. The maximum absolute atomic E-state index is 12.5. The molecule has 2 saturated heterocycles. The third-order valence-electron chi connectivity index (χ3n) is 3.07. The van der Waals surface area contributed by atoms with E-state index in [1.165, 1.54) is 0 Å². The second-order valence-corrected chi connectivity index (χ2v) is 3.76. The molecule has 2 nitrogen and oxygen atoms in total. The number of hydrogen-bond acceptors (Lipinski definition) is 2. The smallest absolute Gasteiger partial charge is 0.374 e. The Morgan fingerprint density at radius 1 is 1.23 bits per heavy atom. The van der Waals surface area contributed by atoms with Crippen molar-refractivity contribution in [3.05, 3.63) is 0 Å². The highest BCUT2D eigenvalue weighted by atomic mass is 19.4. The van der Waals surface area contributed by atoms with E-state index in [0.717, 1.165) is 6.42 Å². The quantitative estimate of drug-likeness (QED) is 0.684. The number of fused-ring (bicyclic) bond motifs is 2. The average molecular weight is 195 g/mol. The summed E-state index contributed by atoms with van der Waals surface area (Å²) < 4.78 is 42.8. The number of alkyl halides is 3. The zero-order valence-corrected chi connectivity index (χ0v) is 7.05. The van der Waals surface area contributed by atoms with Gasteiger partial charge in [-0.15, -0.1) is 0 Å². The van der Waals surface area contributed by atoms with Gasteiger partial charge in [0.25, 0.3) is 0 Å². The molecule has 0 radical (unpaired) electrons. The van der Waals surface area contributed by atoms with Gasteiger partial charge in [-0.05, 0) is 19.4 Å². The Hall–Kier alpha value is -0.290. The van der Waals surface area contributed by atoms with Crippen molar-refractivity contribution in [3.8, 4) is 0 Å². The molecule has 0 amide bonds. The van der Waals surface area contributed by atoms with Gasteiger partial charge in [0, 0.05) is 5.92 Å². The van der Waals surface area contributed by atoms with Crippen molar-refractivity contribution in [2.24, 2.45) is 17.6 Å². The standard InChI is InChI=1S/C8H12F3NO/c9-8(10,11)7-4(3-12)5-1-2-6(7)13-5/h4-7H,1-3,12H2/t4-,5+,6+,7+/m0/s1. The van der Waals surface area contributed by atoms with E-state index in [2.05, 4.69) is 0 Å². The van der Waals surface area contributed by atoms with Crippen LogP contribution < -0.4 is 5.73 Å². The van der Waals surface area contributed by atoms with Gasteiger partial charge in [0.15, 0.2) is 0 Å². The summed E-state index contributed by atoms with van der Waals surface area (Å²) in [6.07, 6.45) is -3.76. The highest BCUT2D eigenvalue weighted by molar-refractivity contribution is 4.99. The molecule has 0 saturated carbocycles. The van der Waals surface area contributed by atoms with Gasteiger partial charge in [-0.1, -0.05) is 0 Å². The largest absolute Gasteiger partial charge is 0.394 e. The maximum atomic E-state index is 12.5. The van der Waals surface area contributed by atoms with E-state index in [-0.39, 0.29) is 12.6 Å². The monoisotopic (exact) mass is 195 g/mol. The van der Waals surface area contributed by atoms with Gasteiger partial charge in [0.1, 0.15) is 0 Å². The van der Waals surface area contributed by atoms with E-state index in [1.807, 2.05) is 0 Å². The fourth-order valence-electron chi connectivity index (χ4n) is 2.53. The molecule has 2 N–H and O–H groups in total. The van der Waals surface area contributed by atoms with Crippen LogP contribution in [0.3, 0.4) is 0 Å². The number of rotatable bonds is 1. The number of hydrogen-bond donors (Lipinski definition) is 1. The van der Waals surface area contributed by atoms with Crippen molar-refractivity contribution < 1.29 is 17.9 Å². The molecule has 0 unspecified atom stereocenters. The van der Waals surface area contributed by atoms with Gasteiger partial charge in [-0.2, -0.15) is 13.2 Å². The number of nitrogens with two attached hydrogens (primary N) is 1. The molecule has 0 aromatic heterocycles. The predicted octanol–water partition coefficient (Wildman–Crippen LogP) is 1.30. The summed E-state index contributed by atoms with van der Waals surface area (Å²) in [7, 11) is 0. The van der Waals surface area contributed by atoms with Gasteiger partial charge in [0.05, 0.1) is 18.1 Å². The first kappa shape index (κ1) is 9.27. The molecular weight excluding hydrogens is 183 g/mol. The maximum Gasteiger partial charge on any atom is 0.394 e. The van der Waals surface area contributed by atoms with Crippen molar-refractivity contribution in [1.29, 1.82) is 0 Å². The first-order chi connectivity index (χ1) is 6.04. The number of halogens is 3. The van der Waals surface area contributed by atoms with Gasteiger partial charge in [0.2, 0.25) is 0 Å². The average Bonchev–Trinajstić information content (AvgIpc) is 2.59. The van der Waals surface area contributed by atoms with Crippen LogP contribution >= 0.6 is 0 Å². The minimum absolute atomic E-state index is 0.0747. The molecule has 0 spiro atoms. The Balaban J connectivity index is 2.18. The molecule has 2 rings (SSSR count). The Kier molecular flexibility index (Phi) is 2.03. The van der Waals surface area contributed by atoms with Crippen LogP contribution in [-0.2, 0) is 4.74 Å². The lowest BCUT2D eigenvalue weighted by Crippen LogP contribution is -2.41. The van der Waals surface area contributed by atoms with Gasteiger partial charge in [-0.3, -0.25) is 0 Å². The summed E-state index contributed by atoms with van der Waals surface area (Å²) in [6.45, 7) is 0.0747. The third kappa shape index (κ3) is 1.34. The number of ether oxygens (including phenoxy) is 1. The second-order valence-electron chi connectivity index (χ2n) is 3.76. The molecule has 4 atom stereocenters. The molecule has 0 aromatic rings. The molecule has 0 aliphatic carbocycles.